The molecule has 0 radical (unpaired) electrons. The van der Waals surface area contributed by atoms with E-state index in [4.69, 9.17) is 0 Å². The van der Waals surface area contributed by atoms with Crippen LogP contribution in [0, 0.1) is 0 Å². The molecule has 1 aliphatic heterocycles. The summed E-state index contributed by atoms with van der Waals surface area (Å²) in [7, 11) is 0. The fourth-order valence-electron chi connectivity index (χ4n) is 3.41. The van der Waals surface area contributed by atoms with Crippen LogP contribution in [-0.2, 0) is 10.4 Å². The molecule has 1 amide bonds. The van der Waals surface area contributed by atoms with E-state index in [0.717, 1.165) is 24.5 Å². The van der Waals surface area contributed by atoms with Crippen LogP contribution in [0.15, 0.2) is 46.2 Å². The van der Waals surface area contributed by atoms with E-state index in [9.17, 15) is 9.90 Å². The van der Waals surface area contributed by atoms with Crippen LogP contribution in [0.2, 0.25) is 0 Å². The minimum Gasteiger partial charge on any atom is -0.383 e. The second-order valence-electron chi connectivity index (χ2n) is 7.71. The molecule has 1 aliphatic rings. The van der Waals surface area contributed by atoms with Crippen molar-refractivity contribution in [2.24, 2.45) is 4.99 Å². The van der Waals surface area contributed by atoms with Crippen LogP contribution >= 0.6 is 35.3 Å². The number of carbonyl (C=O) groups excluding carboxylic acids is 1. The van der Waals surface area contributed by atoms with Crippen LogP contribution < -0.4 is 15.5 Å². The van der Waals surface area contributed by atoms with Gasteiger partial charge < -0.3 is 25.5 Å². The summed E-state index contributed by atoms with van der Waals surface area (Å²) in [4.78, 5) is 25.6. The van der Waals surface area contributed by atoms with Gasteiger partial charge in [0, 0.05) is 51.9 Å². The van der Waals surface area contributed by atoms with Gasteiger partial charge in [0.2, 0.25) is 5.91 Å². The third-order valence-electron chi connectivity index (χ3n) is 5.27. The van der Waals surface area contributed by atoms with Crippen molar-refractivity contribution >= 4 is 53.0 Å². The highest BCUT2D eigenvalue weighted by Crippen LogP contribution is 2.23. The predicted molar refractivity (Wildman–Crippen MR) is 141 cm³/mol. The number of anilines is 1. The molecular formula is C22H33IN6O2S. The highest BCUT2D eigenvalue weighted by molar-refractivity contribution is 14.0. The van der Waals surface area contributed by atoms with Gasteiger partial charge >= 0.3 is 0 Å². The Morgan fingerprint density at radius 2 is 2.03 bits per heavy atom. The topological polar surface area (TPSA) is 93.1 Å². The lowest BCUT2D eigenvalue weighted by Crippen LogP contribution is -2.49. The minimum atomic E-state index is -1.02. The molecule has 32 heavy (non-hydrogen) atoms. The Hall–Kier alpha value is -1.92. The number of guanidine groups is 1. The van der Waals surface area contributed by atoms with Crippen molar-refractivity contribution in [2.75, 3.05) is 50.7 Å². The number of thiophene rings is 1. The van der Waals surface area contributed by atoms with E-state index in [0.29, 0.717) is 38.6 Å². The third kappa shape index (κ3) is 7.59. The first-order valence-electron chi connectivity index (χ1n) is 10.7. The molecule has 176 valence electrons. The first kappa shape index (κ1) is 26.3. The van der Waals surface area contributed by atoms with Gasteiger partial charge in [0.15, 0.2) is 5.96 Å². The normalized spacial score (nSPS) is 16.2. The summed E-state index contributed by atoms with van der Waals surface area (Å²) < 4.78 is 0. The number of nitrogens with one attached hydrogen (secondary N) is 2. The number of amides is 1. The molecule has 0 bridgehead atoms. The highest BCUT2D eigenvalue weighted by Gasteiger charge is 2.24. The van der Waals surface area contributed by atoms with Crippen LogP contribution in [0.5, 0.6) is 0 Å². The maximum absolute atomic E-state index is 12.6. The van der Waals surface area contributed by atoms with Crippen molar-refractivity contribution in [3.63, 3.8) is 0 Å². The number of rotatable bonds is 8. The maximum Gasteiger partial charge on any atom is 0.224 e. The SMILES string of the molecule is CCNC(=NCC(C)(O)c1ccsc1)NCCC(=O)N1CCN(c2ccccn2)CC1.I. The van der Waals surface area contributed by atoms with E-state index in [1.165, 1.54) is 0 Å². The molecule has 3 heterocycles. The quantitative estimate of drug-likeness (QED) is 0.256. The number of aromatic nitrogens is 1. The molecule has 10 heteroatoms. The summed E-state index contributed by atoms with van der Waals surface area (Å²) in [6, 6.07) is 7.80. The molecule has 8 nitrogen and oxygen atoms in total. The first-order chi connectivity index (χ1) is 15.0. The zero-order chi connectivity index (χ0) is 22.1. The highest BCUT2D eigenvalue weighted by atomic mass is 127. The van der Waals surface area contributed by atoms with Crippen LogP contribution in [0.4, 0.5) is 5.82 Å². The lowest BCUT2D eigenvalue weighted by Gasteiger charge is -2.35. The van der Waals surface area contributed by atoms with Crippen molar-refractivity contribution in [3.05, 3.63) is 46.8 Å². The number of carbonyl (C=O) groups is 1. The number of aliphatic hydroxyl groups is 1. The fraction of sp³-hybridized carbons (Fsp3) is 0.500. The molecular weight excluding hydrogens is 539 g/mol. The van der Waals surface area contributed by atoms with Gasteiger partial charge in [-0.1, -0.05) is 6.07 Å². The van der Waals surface area contributed by atoms with E-state index in [-0.39, 0.29) is 36.4 Å². The van der Waals surface area contributed by atoms with Crippen molar-refractivity contribution < 1.29 is 9.90 Å². The summed E-state index contributed by atoms with van der Waals surface area (Å²) in [6.45, 7) is 8.16. The second kappa shape index (κ2) is 12.9. The summed E-state index contributed by atoms with van der Waals surface area (Å²) in [5.74, 6) is 1.70. The molecule has 3 rings (SSSR count). The lowest BCUT2D eigenvalue weighted by atomic mass is 10.00. The number of hydrogen-bond acceptors (Lipinski definition) is 6. The summed E-state index contributed by atoms with van der Waals surface area (Å²) in [5, 5.41) is 20.9. The van der Waals surface area contributed by atoms with Gasteiger partial charge in [0.25, 0.3) is 0 Å². The molecule has 1 atom stereocenters. The van der Waals surface area contributed by atoms with Crippen LogP contribution in [0.25, 0.3) is 0 Å². The molecule has 0 aliphatic carbocycles. The van der Waals surface area contributed by atoms with Gasteiger partial charge in [-0.2, -0.15) is 11.3 Å². The monoisotopic (exact) mass is 572 g/mol. The Labute approximate surface area is 211 Å². The maximum atomic E-state index is 12.6. The van der Waals surface area contributed by atoms with E-state index < -0.39 is 5.60 Å². The lowest BCUT2D eigenvalue weighted by molar-refractivity contribution is -0.131. The van der Waals surface area contributed by atoms with Crippen LogP contribution in [0.3, 0.4) is 0 Å². The smallest absolute Gasteiger partial charge is 0.224 e. The molecule has 1 saturated heterocycles. The van der Waals surface area contributed by atoms with E-state index in [1.54, 1.807) is 24.5 Å². The average molecular weight is 573 g/mol. The average Bonchev–Trinajstić information content (AvgIpc) is 3.34. The number of aliphatic imine (C=N–C) groups is 1. The molecule has 0 saturated carbocycles. The molecule has 1 fully saturated rings. The van der Waals surface area contributed by atoms with Gasteiger partial charge in [-0.05, 0) is 48.4 Å². The molecule has 2 aromatic rings. The Kier molecular flexibility index (Phi) is 10.7. The van der Waals surface area contributed by atoms with Gasteiger partial charge in [0.1, 0.15) is 11.4 Å². The molecule has 3 N–H and O–H groups in total. The predicted octanol–water partition coefficient (Wildman–Crippen LogP) is 2.26. The summed E-state index contributed by atoms with van der Waals surface area (Å²) >= 11 is 1.55. The Bertz CT molecular complexity index is 839. The first-order valence-corrected chi connectivity index (χ1v) is 11.6. The van der Waals surface area contributed by atoms with Crippen LogP contribution in [-0.4, -0.2) is 72.7 Å². The fourth-order valence-corrected chi connectivity index (χ4v) is 4.19. The number of halogens is 1. The zero-order valence-corrected chi connectivity index (χ0v) is 21.8. The molecule has 2 aromatic heterocycles. The Morgan fingerprint density at radius 3 is 2.66 bits per heavy atom. The largest absolute Gasteiger partial charge is 0.383 e. The standard InChI is InChI=1S/C22H32N6O2S.HI/c1-3-23-21(26-17-22(2,30)18-8-15-31-16-18)25-10-7-20(29)28-13-11-27(12-14-28)19-6-4-5-9-24-19;/h4-6,8-9,15-16,30H,3,7,10-14,17H2,1-2H3,(H2,23,25,26);1H. The summed E-state index contributed by atoms with van der Waals surface area (Å²) in [5.41, 5.74) is -0.164. The second-order valence-corrected chi connectivity index (χ2v) is 8.49. The molecule has 1 unspecified atom stereocenters. The number of hydrogen-bond donors (Lipinski definition) is 3. The van der Waals surface area contributed by atoms with Gasteiger partial charge in [0.05, 0.1) is 6.54 Å². The van der Waals surface area contributed by atoms with Crippen molar-refractivity contribution in [2.45, 2.75) is 25.9 Å². The van der Waals surface area contributed by atoms with Crippen LogP contribution in [0.1, 0.15) is 25.8 Å². The van der Waals surface area contributed by atoms with Crippen molar-refractivity contribution in [3.8, 4) is 0 Å². The summed E-state index contributed by atoms with van der Waals surface area (Å²) in [6.07, 6.45) is 2.19. The van der Waals surface area contributed by atoms with E-state index in [2.05, 4.69) is 25.5 Å². The van der Waals surface area contributed by atoms with Gasteiger partial charge in [-0.25, -0.2) is 9.98 Å². The van der Waals surface area contributed by atoms with E-state index >= 15 is 0 Å². The van der Waals surface area contributed by atoms with Crippen molar-refractivity contribution in [1.29, 1.82) is 0 Å². The van der Waals surface area contributed by atoms with Gasteiger partial charge in [-0.15, -0.1) is 24.0 Å². The zero-order valence-electron chi connectivity index (χ0n) is 18.7. The Balaban J connectivity index is 0.00000363. The van der Waals surface area contributed by atoms with Crippen molar-refractivity contribution in [1.82, 2.24) is 20.5 Å². The number of piperazine rings is 1. The van der Waals surface area contributed by atoms with E-state index in [1.807, 2.05) is 46.8 Å². The minimum absolute atomic E-state index is 0. The third-order valence-corrected chi connectivity index (χ3v) is 5.95. The molecule has 0 aromatic carbocycles. The number of pyridine rings is 1. The number of nitrogens with zero attached hydrogens (tertiary/aromatic N) is 4. The van der Waals surface area contributed by atoms with Gasteiger partial charge in [-0.3, -0.25) is 4.79 Å². The Morgan fingerprint density at radius 1 is 1.25 bits per heavy atom. The molecule has 0 spiro atoms.